The molecule has 0 aliphatic heterocycles. The second-order valence-electron chi connectivity index (χ2n) is 3.53. The fourth-order valence-electron chi connectivity index (χ4n) is 1.57. The lowest BCUT2D eigenvalue weighted by atomic mass is 10.3. The summed E-state index contributed by atoms with van der Waals surface area (Å²) < 4.78 is 6.89. The summed E-state index contributed by atoms with van der Waals surface area (Å²) >= 11 is 0. The Morgan fingerprint density at radius 3 is 2.81 bits per heavy atom. The number of methoxy groups -OCH3 is 1. The predicted octanol–water partition coefficient (Wildman–Crippen LogP) is 2.03. The molecule has 1 aromatic carbocycles. The number of nitrogens with zero attached hydrogens (tertiary/aromatic N) is 2. The number of benzene rings is 1. The molecule has 0 atom stereocenters. The smallest absolute Gasteiger partial charge is 0.127 e. The molecule has 84 valence electrons. The monoisotopic (exact) mass is 217 g/mol. The minimum absolute atomic E-state index is 0.644. The number of hydrogen-bond acceptors (Lipinski definition) is 3. The number of aromatic nitrogens is 2. The standard InChI is InChI=1S/C12H15N3O/c1-3-9-7-12(13)15(14-9)10-5-4-6-11(8-10)16-2/h4-8H,3,13H2,1-2H3. The van der Waals surface area contributed by atoms with Crippen molar-refractivity contribution in [2.24, 2.45) is 0 Å². The van der Waals surface area contributed by atoms with Crippen LogP contribution in [-0.2, 0) is 6.42 Å². The third-order valence-electron chi connectivity index (χ3n) is 2.45. The second-order valence-corrected chi connectivity index (χ2v) is 3.53. The van der Waals surface area contributed by atoms with E-state index in [0.29, 0.717) is 5.82 Å². The van der Waals surface area contributed by atoms with E-state index in [1.807, 2.05) is 30.3 Å². The Hall–Kier alpha value is -1.97. The van der Waals surface area contributed by atoms with Crippen molar-refractivity contribution in [3.05, 3.63) is 36.0 Å². The molecule has 0 spiro atoms. The van der Waals surface area contributed by atoms with Crippen LogP contribution in [0.2, 0.25) is 0 Å². The molecule has 4 nitrogen and oxygen atoms in total. The molecule has 2 N–H and O–H groups in total. The average molecular weight is 217 g/mol. The minimum Gasteiger partial charge on any atom is -0.497 e. The van der Waals surface area contributed by atoms with Crippen molar-refractivity contribution in [1.82, 2.24) is 9.78 Å². The van der Waals surface area contributed by atoms with Crippen LogP contribution in [-0.4, -0.2) is 16.9 Å². The number of hydrogen-bond donors (Lipinski definition) is 1. The van der Waals surface area contributed by atoms with Gasteiger partial charge in [0.15, 0.2) is 0 Å². The summed E-state index contributed by atoms with van der Waals surface area (Å²) in [4.78, 5) is 0. The van der Waals surface area contributed by atoms with Crippen molar-refractivity contribution in [3.8, 4) is 11.4 Å². The molecule has 0 aliphatic carbocycles. The number of rotatable bonds is 3. The molecule has 0 unspecified atom stereocenters. The average Bonchev–Trinajstić information content (AvgIpc) is 2.71. The zero-order valence-corrected chi connectivity index (χ0v) is 9.47. The number of anilines is 1. The van der Waals surface area contributed by atoms with E-state index >= 15 is 0 Å². The Morgan fingerprint density at radius 2 is 2.19 bits per heavy atom. The maximum atomic E-state index is 5.90. The van der Waals surface area contributed by atoms with Gasteiger partial charge in [0.1, 0.15) is 11.6 Å². The third-order valence-corrected chi connectivity index (χ3v) is 2.45. The summed E-state index contributed by atoms with van der Waals surface area (Å²) in [6.45, 7) is 2.05. The fraction of sp³-hybridized carbons (Fsp3) is 0.250. The quantitative estimate of drug-likeness (QED) is 0.855. The summed E-state index contributed by atoms with van der Waals surface area (Å²) in [5, 5.41) is 4.41. The van der Waals surface area contributed by atoms with Crippen molar-refractivity contribution in [2.45, 2.75) is 13.3 Å². The first-order valence-corrected chi connectivity index (χ1v) is 5.23. The van der Waals surface area contributed by atoms with E-state index in [9.17, 15) is 0 Å². The van der Waals surface area contributed by atoms with Gasteiger partial charge in [-0.3, -0.25) is 0 Å². The maximum absolute atomic E-state index is 5.90. The lowest BCUT2D eigenvalue weighted by Crippen LogP contribution is -2.02. The van der Waals surface area contributed by atoms with E-state index in [1.54, 1.807) is 11.8 Å². The molecule has 0 saturated carbocycles. The molecular weight excluding hydrogens is 202 g/mol. The Labute approximate surface area is 94.6 Å². The van der Waals surface area contributed by atoms with E-state index < -0.39 is 0 Å². The van der Waals surface area contributed by atoms with Gasteiger partial charge in [-0.15, -0.1) is 0 Å². The van der Waals surface area contributed by atoms with Crippen LogP contribution in [0.5, 0.6) is 5.75 Å². The number of aryl methyl sites for hydroxylation is 1. The van der Waals surface area contributed by atoms with Crippen LogP contribution in [0.15, 0.2) is 30.3 Å². The topological polar surface area (TPSA) is 53.1 Å². The van der Waals surface area contributed by atoms with Gasteiger partial charge in [-0.1, -0.05) is 13.0 Å². The number of nitrogen functional groups attached to an aromatic ring is 1. The summed E-state index contributed by atoms with van der Waals surface area (Å²) in [7, 11) is 1.64. The molecule has 0 amide bonds. The van der Waals surface area contributed by atoms with Gasteiger partial charge in [0.25, 0.3) is 0 Å². The van der Waals surface area contributed by atoms with Crippen LogP contribution >= 0.6 is 0 Å². The minimum atomic E-state index is 0.644. The fourth-order valence-corrected chi connectivity index (χ4v) is 1.57. The molecule has 4 heteroatoms. The van der Waals surface area contributed by atoms with E-state index in [0.717, 1.165) is 23.6 Å². The van der Waals surface area contributed by atoms with Gasteiger partial charge in [-0.2, -0.15) is 5.10 Å². The van der Waals surface area contributed by atoms with Crippen molar-refractivity contribution < 1.29 is 4.74 Å². The van der Waals surface area contributed by atoms with Crippen molar-refractivity contribution in [2.75, 3.05) is 12.8 Å². The number of ether oxygens (including phenoxy) is 1. The van der Waals surface area contributed by atoms with E-state index in [4.69, 9.17) is 10.5 Å². The largest absolute Gasteiger partial charge is 0.497 e. The summed E-state index contributed by atoms with van der Waals surface area (Å²) in [6.07, 6.45) is 0.876. The molecule has 0 radical (unpaired) electrons. The molecule has 2 aromatic rings. The lowest BCUT2D eigenvalue weighted by Gasteiger charge is -2.05. The molecule has 16 heavy (non-hydrogen) atoms. The highest BCUT2D eigenvalue weighted by atomic mass is 16.5. The van der Waals surface area contributed by atoms with Gasteiger partial charge in [-0.05, 0) is 18.6 Å². The van der Waals surface area contributed by atoms with E-state index in [2.05, 4.69) is 12.0 Å². The highest BCUT2D eigenvalue weighted by molar-refractivity contribution is 5.45. The predicted molar refractivity (Wildman–Crippen MR) is 63.9 cm³/mol. The molecule has 1 heterocycles. The van der Waals surface area contributed by atoms with Crippen molar-refractivity contribution in [1.29, 1.82) is 0 Å². The first-order chi connectivity index (χ1) is 7.74. The summed E-state index contributed by atoms with van der Waals surface area (Å²) in [6, 6.07) is 9.55. The molecule has 2 rings (SSSR count). The van der Waals surface area contributed by atoms with Crippen LogP contribution < -0.4 is 10.5 Å². The molecule has 0 aliphatic rings. The highest BCUT2D eigenvalue weighted by Crippen LogP contribution is 2.19. The van der Waals surface area contributed by atoms with Gasteiger partial charge < -0.3 is 10.5 Å². The van der Waals surface area contributed by atoms with Gasteiger partial charge in [-0.25, -0.2) is 4.68 Å². The highest BCUT2D eigenvalue weighted by Gasteiger charge is 2.06. The normalized spacial score (nSPS) is 10.4. The number of nitrogens with two attached hydrogens (primary N) is 1. The molecule has 0 saturated heterocycles. The summed E-state index contributed by atoms with van der Waals surface area (Å²) in [5.74, 6) is 1.44. The zero-order valence-electron chi connectivity index (χ0n) is 9.47. The first kappa shape index (κ1) is 10.5. The Balaban J connectivity index is 2.45. The summed E-state index contributed by atoms with van der Waals surface area (Å²) in [5.41, 5.74) is 7.80. The Bertz CT molecular complexity index is 491. The lowest BCUT2D eigenvalue weighted by molar-refractivity contribution is 0.414. The molecular formula is C12H15N3O. The SMILES string of the molecule is CCc1cc(N)n(-c2cccc(OC)c2)n1. The van der Waals surface area contributed by atoms with Crippen LogP contribution in [0.3, 0.4) is 0 Å². The Kier molecular flexibility index (Phi) is 2.81. The van der Waals surface area contributed by atoms with Crippen molar-refractivity contribution in [3.63, 3.8) is 0 Å². The molecule has 0 bridgehead atoms. The van der Waals surface area contributed by atoms with Gasteiger partial charge in [0.05, 0.1) is 18.5 Å². The zero-order chi connectivity index (χ0) is 11.5. The second kappa shape index (κ2) is 4.26. The molecule has 0 fully saturated rings. The van der Waals surface area contributed by atoms with Crippen LogP contribution in [0.4, 0.5) is 5.82 Å². The van der Waals surface area contributed by atoms with Crippen LogP contribution in [0.25, 0.3) is 5.69 Å². The van der Waals surface area contributed by atoms with Crippen LogP contribution in [0.1, 0.15) is 12.6 Å². The van der Waals surface area contributed by atoms with Gasteiger partial charge >= 0.3 is 0 Å². The van der Waals surface area contributed by atoms with Gasteiger partial charge in [0.2, 0.25) is 0 Å². The van der Waals surface area contributed by atoms with Crippen LogP contribution in [0, 0.1) is 0 Å². The molecule has 1 aromatic heterocycles. The van der Waals surface area contributed by atoms with E-state index in [-0.39, 0.29) is 0 Å². The Morgan fingerprint density at radius 1 is 1.38 bits per heavy atom. The van der Waals surface area contributed by atoms with Gasteiger partial charge in [0, 0.05) is 12.1 Å². The van der Waals surface area contributed by atoms with Crippen molar-refractivity contribution >= 4 is 5.82 Å². The maximum Gasteiger partial charge on any atom is 0.127 e. The first-order valence-electron chi connectivity index (χ1n) is 5.23. The third kappa shape index (κ3) is 1.86. The van der Waals surface area contributed by atoms with E-state index in [1.165, 1.54) is 0 Å².